The first-order valence-electron chi connectivity index (χ1n) is 7.81. The van der Waals surface area contributed by atoms with E-state index in [1.54, 1.807) is 0 Å². The van der Waals surface area contributed by atoms with Gasteiger partial charge in [-0.1, -0.05) is 44.2 Å². The molecule has 3 rings (SSSR count). The van der Waals surface area contributed by atoms with Crippen molar-refractivity contribution in [2.75, 3.05) is 5.32 Å². The van der Waals surface area contributed by atoms with Gasteiger partial charge in [0.05, 0.1) is 5.69 Å². The highest BCUT2D eigenvalue weighted by molar-refractivity contribution is 5.58. The highest BCUT2D eigenvalue weighted by Gasteiger charge is 2.31. The molecule has 0 saturated heterocycles. The van der Waals surface area contributed by atoms with Crippen LogP contribution in [0.5, 0.6) is 11.5 Å². The van der Waals surface area contributed by atoms with Gasteiger partial charge in [-0.15, -0.1) is 0 Å². The number of hydrogen-bond donors (Lipinski definition) is 1. The fraction of sp³-hybridized carbons (Fsp3) is 0.368. The van der Waals surface area contributed by atoms with Crippen LogP contribution >= 0.6 is 0 Å². The minimum Gasteiger partial charge on any atom is -0.455 e. The standard InChI is InChI=1S/C19H23NO/c1-14(2)15-12-16(13-15)20-18-10-6-7-11-19(18)21-17-8-4-3-5-9-17/h3-11,14-16,20H,12-13H2,1-2H3. The van der Waals surface area contributed by atoms with Gasteiger partial charge in [0.1, 0.15) is 5.75 Å². The van der Waals surface area contributed by atoms with Gasteiger partial charge >= 0.3 is 0 Å². The molecule has 1 saturated carbocycles. The van der Waals surface area contributed by atoms with Gasteiger partial charge in [0.15, 0.2) is 5.75 Å². The van der Waals surface area contributed by atoms with Crippen molar-refractivity contribution in [3.05, 3.63) is 54.6 Å². The lowest BCUT2D eigenvalue weighted by Gasteiger charge is -2.39. The molecule has 21 heavy (non-hydrogen) atoms. The van der Waals surface area contributed by atoms with E-state index in [9.17, 15) is 0 Å². The van der Waals surface area contributed by atoms with E-state index in [0.717, 1.165) is 29.0 Å². The van der Waals surface area contributed by atoms with Gasteiger partial charge in [0.2, 0.25) is 0 Å². The molecule has 0 heterocycles. The monoisotopic (exact) mass is 281 g/mol. The van der Waals surface area contributed by atoms with Gasteiger partial charge < -0.3 is 10.1 Å². The summed E-state index contributed by atoms with van der Waals surface area (Å²) < 4.78 is 5.99. The Morgan fingerprint density at radius 3 is 2.33 bits per heavy atom. The van der Waals surface area contributed by atoms with Crippen LogP contribution in [0.1, 0.15) is 26.7 Å². The van der Waals surface area contributed by atoms with Crippen LogP contribution in [0.15, 0.2) is 54.6 Å². The first kappa shape index (κ1) is 14.0. The molecule has 0 atom stereocenters. The lowest BCUT2D eigenvalue weighted by atomic mass is 9.73. The smallest absolute Gasteiger partial charge is 0.150 e. The zero-order valence-corrected chi connectivity index (χ0v) is 12.8. The Balaban J connectivity index is 1.66. The maximum atomic E-state index is 5.99. The Hall–Kier alpha value is -1.96. The summed E-state index contributed by atoms with van der Waals surface area (Å²) in [7, 11) is 0. The summed E-state index contributed by atoms with van der Waals surface area (Å²) in [5.41, 5.74) is 1.09. The summed E-state index contributed by atoms with van der Waals surface area (Å²) in [6, 6.07) is 18.7. The molecular formula is C19H23NO. The molecular weight excluding hydrogens is 258 g/mol. The Bertz CT molecular complexity index is 573. The van der Waals surface area contributed by atoms with E-state index in [0.29, 0.717) is 6.04 Å². The van der Waals surface area contributed by atoms with Crippen LogP contribution in [0, 0.1) is 11.8 Å². The average Bonchev–Trinajstić information content (AvgIpc) is 2.44. The molecule has 2 aromatic rings. The van der Waals surface area contributed by atoms with E-state index < -0.39 is 0 Å². The maximum absolute atomic E-state index is 5.99. The predicted octanol–water partition coefficient (Wildman–Crippen LogP) is 5.33. The zero-order valence-electron chi connectivity index (χ0n) is 12.8. The lowest BCUT2D eigenvalue weighted by molar-refractivity contribution is 0.211. The SMILES string of the molecule is CC(C)C1CC(Nc2ccccc2Oc2ccccc2)C1. The predicted molar refractivity (Wildman–Crippen MR) is 87.9 cm³/mol. The largest absolute Gasteiger partial charge is 0.455 e. The Kier molecular flexibility index (Phi) is 4.14. The van der Waals surface area contributed by atoms with Crippen LogP contribution < -0.4 is 10.1 Å². The summed E-state index contributed by atoms with van der Waals surface area (Å²) in [5.74, 6) is 3.43. The quantitative estimate of drug-likeness (QED) is 0.800. The first-order chi connectivity index (χ1) is 10.2. The van der Waals surface area contributed by atoms with Crippen molar-refractivity contribution < 1.29 is 4.74 Å². The van der Waals surface area contributed by atoms with E-state index in [1.165, 1.54) is 12.8 Å². The summed E-state index contributed by atoms with van der Waals surface area (Å²) in [6.45, 7) is 4.63. The van der Waals surface area contributed by atoms with Crippen molar-refractivity contribution in [3.63, 3.8) is 0 Å². The number of benzene rings is 2. The molecule has 1 N–H and O–H groups in total. The van der Waals surface area contributed by atoms with Gasteiger partial charge in [-0.2, -0.15) is 0 Å². The fourth-order valence-corrected chi connectivity index (χ4v) is 2.83. The molecule has 110 valence electrons. The molecule has 2 nitrogen and oxygen atoms in total. The van der Waals surface area contributed by atoms with Crippen molar-refractivity contribution in [1.29, 1.82) is 0 Å². The minimum atomic E-state index is 0.581. The third kappa shape index (κ3) is 3.38. The summed E-state index contributed by atoms with van der Waals surface area (Å²) in [6.07, 6.45) is 2.52. The van der Waals surface area contributed by atoms with Crippen LogP contribution in [-0.2, 0) is 0 Å². The highest BCUT2D eigenvalue weighted by atomic mass is 16.5. The van der Waals surface area contributed by atoms with Gasteiger partial charge in [-0.05, 0) is 48.9 Å². The Morgan fingerprint density at radius 1 is 0.952 bits per heavy atom. The zero-order chi connectivity index (χ0) is 14.7. The topological polar surface area (TPSA) is 21.3 Å². The van der Waals surface area contributed by atoms with Gasteiger partial charge in [-0.25, -0.2) is 0 Å². The number of rotatable bonds is 5. The molecule has 0 bridgehead atoms. The summed E-state index contributed by atoms with van der Waals surface area (Å²) in [5, 5.41) is 3.63. The molecule has 1 fully saturated rings. The average molecular weight is 281 g/mol. The second-order valence-corrected chi connectivity index (χ2v) is 6.23. The van der Waals surface area contributed by atoms with Crippen molar-refractivity contribution in [1.82, 2.24) is 0 Å². The minimum absolute atomic E-state index is 0.581. The highest BCUT2D eigenvalue weighted by Crippen LogP contribution is 2.38. The number of nitrogens with one attached hydrogen (secondary N) is 1. The van der Waals surface area contributed by atoms with Gasteiger partial charge in [0.25, 0.3) is 0 Å². The molecule has 0 spiro atoms. The molecule has 0 radical (unpaired) electrons. The van der Waals surface area contributed by atoms with Crippen LogP contribution in [0.2, 0.25) is 0 Å². The Morgan fingerprint density at radius 2 is 1.62 bits per heavy atom. The molecule has 2 aromatic carbocycles. The van der Waals surface area contributed by atoms with E-state index in [4.69, 9.17) is 4.74 Å². The third-order valence-electron chi connectivity index (χ3n) is 4.34. The van der Waals surface area contributed by atoms with Gasteiger partial charge in [-0.3, -0.25) is 0 Å². The number of para-hydroxylation sites is 3. The maximum Gasteiger partial charge on any atom is 0.150 e. The van der Waals surface area contributed by atoms with Crippen molar-refractivity contribution in [3.8, 4) is 11.5 Å². The van der Waals surface area contributed by atoms with Crippen molar-refractivity contribution in [2.45, 2.75) is 32.7 Å². The van der Waals surface area contributed by atoms with Crippen molar-refractivity contribution >= 4 is 5.69 Å². The second kappa shape index (κ2) is 6.21. The van der Waals surface area contributed by atoms with Crippen LogP contribution in [-0.4, -0.2) is 6.04 Å². The first-order valence-corrected chi connectivity index (χ1v) is 7.81. The Labute approximate surface area is 127 Å². The number of hydrogen-bond acceptors (Lipinski definition) is 2. The van der Waals surface area contributed by atoms with E-state index in [1.807, 2.05) is 42.5 Å². The fourth-order valence-electron chi connectivity index (χ4n) is 2.83. The number of ether oxygens (including phenoxy) is 1. The summed E-state index contributed by atoms with van der Waals surface area (Å²) in [4.78, 5) is 0. The molecule has 0 aliphatic heterocycles. The molecule has 0 aromatic heterocycles. The molecule has 1 aliphatic carbocycles. The molecule has 1 aliphatic rings. The van der Waals surface area contributed by atoms with E-state index >= 15 is 0 Å². The van der Waals surface area contributed by atoms with Crippen LogP contribution in [0.4, 0.5) is 5.69 Å². The normalized spacial score (nSPS) is 20.9. The van der Waals surface area contributed by atoms with E-state index in [-0.39, 0.29) is 0 Å². The van der Waals surface area contributed by atoms with Crippen LogP contribution in [0.25, 0.3) is 0 Å². The molecule has 2 heteroatoms. The number of anilines is 1. The van der Waals surface area contributed by atoms with Crippen LogP contribution in [0.3, 0.4) is 0 Å². The molecule has 0 unspecified atom stereocenters. The third-order valence-corrected chi connectivity index (χ3v) is 4.34. The van der Waals surface area contributed by atoms with Crippen molar-refractivity contribution in [2.24, 2.45) is 11.8 Å². The summed E-state index contributed by atoms with van der Waals surface area (Å²) >= 11 is 0. The van der Waals surface area contributed by atoms with Gasteiger partial charge in [0, 0.05) is 6.04 Å². The molecule has 0 amide bonds. The second-order valence-electron chi connectivity index (χ2n) is 6.23. The lowest BCUT2D eigenvalue weighted by Crippen LogP contribution is -2.37. The van der Waals surface area contributed by atoms with E-state index in [2.05, 4.69) is 31.3 Å².